The largest absolute Gasteiger partial charge is 0.396 e. The van der Waals surface area contributed by atoms with Gasteiger partial charge in [-0.15, -0.1) is 0 Å². The summed E-state index contributed by atoms with van der Waals surface area (Å²) in [5.74, 6) is 0. The molecule has 4 nitrogen and oxygen atoms in total. The number of fused-ring (bicyclic) bond motifs is 1. The summed E-state index contributed by atoms with van der Waals surface area (Å²) in [6.07, 6.45) is 2.13. The van der Waals surface area contributed by atoms with Crippen LogP contribution in [-0.2, 0) is 0 Å². The molecule has 0 aliphatic carbocycles. The van der Waals surface area contributed by atoms with Crippen LogP contribution in [0.1, 0.15) is 6.42 Å². The van der Waals surface area contributed by atoms with Gasteiger partial charge in [-0.05, 0) is 18.2 Å². The number of hydrogen-bond donors (Lipinski definition) is 1. The predicted molar refractivity (Wildman–Crippen MR) is 77.4 cm³/mol. The van der Waals surface area contributed by atoms with Gasteiger partial charge in [0.25, 0.3) is 0 Å². The Labute approximate surface area is 114 Å². The van der Waals surface area contributed by atoms with Gasteiger partial charge in [0.1, 0.15) is 0 Å². The highest BCUT2D eigenvalue weighted by molar-refractivity contribution is 9.10. The smallest absolute Gasteiger partial charge is 0.0745 e. The Balaban J connectivity index is 2.56. The molecule has 92 valence electrons. The molecular weight excluding hydrogens is 292 g/mol. The zero-order chi connectivity index (χ0) is 13.1. The van der Waals surface area contributed by atoms with Crippen LogP contribution >= 0.6 is 15.9 Å². The van der Waals surface area contributed by atoms with Crippen molar-refractivity contribution in [3.8, 4) is 6.07 Å². The minimum atomic E-state index is 0.466. The summed E-state index contributed by atoms with van der Waals surface area (Å²) in [5.41, 5.74) is 8.45. The molecule has 0 spiro atoms. The van der Waals surface area contributed by atoms with E-state index in [1.165, 1.54) is 0 Å². The van der Waals surface area contributed by atoms with Crippen molar-refractivity contribution in [2.75, 3.05) is 24.2 Å². The van der Waals surface area contributed by atoms with Crippen molar-refractivity contribution >= 4 is 38.2 Å². The second-order valence-electron chi connectivity index (χ2n) is 4.05. The maximum Gasteiger partial charge on any atom is 0.0745 e. The highest BCUT2D eigenvalue weighted by Gasteiger charge is 2.11. The van der Waals surface area contributed by atoms with E-state index in [0.717, 1.165) is 21.1 Å². The molecule has 0 radical (unpaired) electrons. The first-order valence-electron chi connectivity index (χ1n) is 5.55. The highest BCUT2D eigenvalue weighted by Crippen LogP contribution is 2.32. The van der Waals surface area contributed by atoms with Gasteiger partial charge in [0.2, 0.25) is 0 Å². The number of anilines is 2. The summed E-state index contributed by atoms with van der Waals surface area (Å²) in [7, 11) is 1.93. The van der Waals surface area contributed by atoms with Crippen molar-refractivity contribution in [3.05, 3.63) is 28.9 Å². The van der Waals surface area contributed by atoms with Crippen LogP contribution in [0.2, 0.25) is 0 Å². The fourth-order valence-electron chi connectivity index (χ4n) is 1.92. The lowest BCUT2D eigenvalue weighted by atomic mass is 10.1. The van der Waals surface area contributed by atoms with Gasteiger partial charge >= 0.3 is 0 Å². The Hall–Kier alpha value is -1.80. The molecular formula is C13H13BrN4. The summed E-state index contributed by atoms with van der Waals surface area (Å²) in [6.45, 7) is 0.645. The second-order valence-corrected chi connectivity index (χ2v) is 4.97. The number of nitrogen functional groups attached to an aromatic ring is 1. The van der Waals surface area contributed by atoms with Crippen LogP contribution < -0.4 is 10.6 Å². The molecule has 2 rings (SSSR count). The van der Waals surface area contributed by atoms with Gasteiger partial charge in [0.05, 0.1) is 35.6 Å². The number of nitrogens with zero attached hydrogens (tertiary/aromatic N) is 3. The van der Waals surface area contributed by atoms with Gasteiger partial charge in [-0.1, -0.05) is 15.9 Å². The van der Waals surface area contributed by atoms with E-state index >= 15 is 0 Å². The first-order chi connectivity index (χ1) is 8.63. The van der Waals surface area contributed by atoms with Crippen LogP contribution in [0.5, 0.6) is 0 Å². The standard InChI is InChI=1S/C13H13BrN4/c1-18(6-2-5-15)13-10-7-9(14)3-4-12(10)17-8-11(13)16/h3-4,7-8H,2,6,16H2,1H3. The maximum atomic E-state index is 8.66. The Morgan fingerprint density at radius 2 is 2.28 bits per heavy atom. The van der Waals surface area contributed by atoms with Crippen LogP contribution in [0.15, 0.2) is 28.9 Å². The lowest BCUT2D eigenvalue weighted by molar-refractivity contribution is 0.910. The fraction of sp³-hybridized carbons (Fsp3) is 0.231. The third-order valence-electron chi connectivity index (χ3n) is 2.77. The van der Waals surface area contributed by atoms with Crippen molar-refractivity contribution in [2.45, 2.75) is 6.42 Å². The summed E-state index contributed by atoms with van der Waals surface area (Å²) in [4.78, 5) is 6.30. The molecule has 1 aromatic carbocycles. The quantitative estimate of drug-likeness (QED) is 0.947. The van der Waals surface area contributed by atoms with Gasteiger partial charge in [-0.3, -0.25) is 4.98 Å². The molecule has 0 fully saturated rings. The maximum absolute atomic E-state index is 8.66. The highest BCUT2D eigenvalue weighted by atomic mass is 79.9. The minimum Gasteiger partial charge on any atom is -0.396 e. The number of nitrogens with two attached hydrogens (primary N) is 1. The predicted octanol–water partition coefficient (Wildman–Crippen LogP) is 2.93. The van der Waals surface area contributed by atoms with Gasteiger partial charge in [-0.2, -0.15) is 5.26 Å². The first kappa shape index (κ1) is 12.7. The zero-order valence-electron chi connectivity index (χ0n) is 10.0. The summed E-state index contributed by atoms with van der Waals surface area (Å²) >= 11 is 3.45. The van der Waals surface area contributed by atoms with E-state index in [1.54, 1.807) is 6.20 Å². The molecule has 2 aromatic rings. The van der Waals surface area contributed by atoms with Gasteiger partial charge in [0, 0.05) is 23.5 Å². The molecule has 0 aliphatic heterocycles. The van der Waals surface area contributed by atoms with E-state index in [4.69, 9.17) is 11.0 Å². The van der Waals surface area contributed by atoms with Crippen molar-refractivity contribution < 1.29 is 0 Å². The molecule has 2 N–H and O–H groups in total. The molecule has 1 heterocycles. The van der Waals surface area contributed by atoms with E-state index in [9.17, 15) is 0 Å². The number of aromatic nitrogens is 1. The second kappa shape index (κ2) is 5.23. The fourth-order valence-corrected chi connectivity index (χ4v) is 2.28. The van der Waals surface area contributed by atoms with E-state index in [0.29, 0.717) is 18.7 Å². The van der Waals surface area contributed by atoms with Crippen LogP contribution in [0.4, 0.5) is 11.4 Å². The number of rotatable bonds is 3. The lowest BCUT2D eigenvalue weighted by Gasteiger charge is -2.21. The van der Waals surface area contributed by atoms with Crippen molar-refractivity contribution in [1.29, 1.82) is 5.26 Å². The molecule has 0 bridgehead atoms. The third-order valence-corrected chi connectivity index (χ3v) is 3.26. The van der Waals surface area contributed by atoms with E-state index < -0.39 is 0 Å². The molecule has 0 amide bonds. The van der Waals surface area contributed by atoms with E-state index in [1.807, 2.05) is 30.1 Å². The molecule has 0 aliphatic rings. The lowest BCUT2D eigenvalue weighted by Crippen LogP contribution is -2.20. The van der Waals surface area contributed by atoms with Gasteiger partial charge in [0.15, 0.2) is 0 Å². The molecule has 18 heavy (non-hydrogen) atoms. The first-order valence-corrected chi connectivity index (χ1v) is 6.34. The van der Waals surface area contributed by atoms with Crippen molar-refractivity contribution in [1.82, 2.24) is 4.98 Å². The van der Waals surface area contributed by atoms with Crippen LogP contribution in [0, 0.1) is 11.3 Å². The molecule has 0 saturated heterocycles. The van der Waals surface area contributed by atoms with Crippen molar-refractivity contribution in [2.24, 2.45) is 0 Å². The number of nitriles is 1. The van der Waals surface area contributed by atoms with Crippen molar-refractivity contribution in [3.63, 3.8) is 0 Å². The van der Waals surface area contributed by atoms with Crippen LogP contribution in [0.3, 0.4) is 0 Å². The average molecular weight is 305 g/mol. The SMILES string of the molecule is CN(CCC#N)c1c(N)cnc2ccc(Br)cc12. The number of benzene rings is 1. The summed E-state index contributed by atoms with van der Waals surface area (Å²) in [5, 5.41) is 9.65. The molecule has 0 saturated carbocycles. The molecule has 1 aromatic heterocycles. The number of pyridine rings is 1. The van der Waals surface area contributed by atoms with Crippen LogP contribution in [0.25, 0.3) is 10.9 Å². The topological polar surface area (TPSA) is 65.9 Å². The third kappa shape index (κ3) is 2.39. The normalized spacial score (nSPS) is 10.3. The Kier molecular flexibility index (Phi) is 3.68. The number of halogens is 1. The monoisotopic (exact) mass is 304 g/mol. The van der Waals surface area contributed by atoms with Gasteiger partial charge in [-0.25, -0.2) is 0 Å². The van der Waals surface area contributed by atoms with Crippen LogP contribution in [-0.4, -0.2) is 18.6 Å². The van der Waals surface area contributed by atoms with Gasteiger partial charge < -0.3 is 10.6 Å². The molecule has 0 unspecified atom stereocenters. The van der Waals surface area contributed by atoms with E-state index in [-0.39, 0.29) is 0 Å². The molecule has 0 atom stereocenters. The minimum absolute atomic E-state index is 0.466. The summed E-state index contributed by atoms with van der Waals surface area (Å²) < 4.78 is 0.984. The Morgan fingerprint density at radius 3 is 3.00 bits per heavy atom. The zero-order valence-corrected chi connectivity index (χ0v) is 11.6. The Morgan fingerprint density at radius 1 is 1.50 bits per heavy atom. The molecule has 5 heteroatoms. The Bertz CT molecular complexity index is 613. The number of hydrogen-bond acceptors (Lipinski definition) is 4. The van der Waals surface area contributed by atoms with E-state index in [2.05, 4.69) is 27.0 Å². The summed E-state index contributed by atoms with van der Waals surface area (Å²) in [6, 6.07) is 8.03. The average Bonchev–Trinajstić information content (AvgIpc) is 2.35.